The molecule has 8 heteroatoms. The summed E-state index contributed by atoms with van der Waals surface area (Å²) in [6, 6.07) is 7.92. The van der Waals surface area contributed by atoms with E-state index in [-0.39, 0.29) is 24.2 Å². The first-order valence-electron chi connectivity index (χ1n) is 16.9. The molecule has 1 aromatic carbocycles. The molecule has 0 bridgehead atoms. The number of aliphatic carboxylic acids is 1. The number of hydrogen-bond donors (Lipinski definition) is 2. The van der Waals surface area contributed by atoms with Gasteiger partial charge in [0.1, 0.15) is 5.60 Å². The van der Waals surface area contributed by atoms with Crippen molar-refractivity contribution in [3.8, 4) is 0 Å². The number of likely N-dealkylation sites (tertiary alicyclic amines) is 1. The van der Waals surface area contributed by atoms with Gasteiger partial charge in [0, 0.05) is 13.1 Å². The molecule has 0 spiro atoms. The molecular weight excluding hydrogens is 679 g/mol. The molecule has 0 saturated carbocycles. The average Bonchev–Trinajstić information content (AvgIpc) is 3.69. The van der Waals surface area contributed by atoms with Crippen molar-refractivity contribution < 1.29 is 42.7 Å². The van der Waals surface area contributed by atoms with E-state index in [9.17, 15) is 19.5 Å². The summed E-state index contributed by atoms with van der Waals surface area (Å²) in [5.74, 6) is -1.26. The Morgan fingerprint density at radius 1 is 1.07 bits per heavy atom. The number of unbranched alkanes of at least 4 members (excludes halogenated alkanes) is 3. The molecule has 2 fully saturated rings. The van der Waals surface area contributed by atoms with Gasteiger partial charge in [0.15, 0.2) is 0 Å². The number of halogens is 1. The second kappa shape index (κ2) is 16.6. The van der Waals surface area contributed by atoms with Crippen molar-refractivity contribution in [2.45, 2.75) is 105 Å². The van der Waals surface area contributed by atoms with Gasteiger partial charge in [0.25, 0.3) is 0 Å². The number of nitrogen functional groups attached to an aromatic ring is 1. The number of carbonyl (C=O) groups is 3. The fraction of sp³-hybridized carbons (Fsp3) is 0.703. The van der Waals surface area contributed by atoms with Crippen LogP contribution in [0.3, 0.4) is 0 Å². The maximum atomic E-state index is 14.1. The first-order chi connectivity index (χ1) is 21.1. The summed E-state index contributed by atoms with van der Waals surface area (Å²) in [5, 5.41) is 9.98. The van der Waals surface area contributed by atoms with Gasteiger partial charge in [-0.05, 0) is 33.1 Å². The number of rotatable bonds is 16. The third-order valence-electron chi connectivity index (χ3n) is 9.43. The van der Waals surface area contributed by atoms with Crippen LogP contribution in [0.25, 0.3) is 0 Å². The molecule has 256 valence electrons. The number of carbonyl (C=O) groups excluding carboxylic acids is 2. The average molecular weight is 740 g/mol. The van der Waals surface area contributed by atoms with E-state index in [0.717, 1.165) is 41.7 Å². The van der Waals surface area contributed by atoms with Crippen LogP contribution < -0.4 is 24.2 Å². The maximum absolute atomic E-state index is 14.1. The number of allylic oxidation sites excluding steroid dienone is 2. The fourth-order valence-corrected chi connectivity index (χ4v) is 15.3. The number of amides is 1. The molecular formula is C37H60IN2O5-. The normalized spacial score (nSPS) is 21.6. The van der Waals surface area contributed by atoms with Gasteiger partial charge in [-0.2, -0.15) is 0 Å². The van der Waals surface area contributed by atoms with Crippen molar-refractivity contribution >= 4 is 23.5 Å². The molecule has 0 aliphatic carbocycles. The number of para-hydroxylation sites is 1. The van der Waals surface area contributed by atoms with Gasteiger partial charge in [0.05, 0.1) is 5.92 Å². The number of carboxylic acid groups (broad SMARTS) is 1. The van der Waals surface area contributed by atoms with Crippen molar-refractivity contribution in [1.29, 1.82) is 0 Å². The second-order valence-electron chi connectivity index (χ2n) is 15.1. The number of nitrogens with two attached hydrogens (primary N) is 1. The van der Waals surface area contributed by atoms with Crippen LogP contribution >= 0.6 is 0 Å². The Morgan fingerprint density at radius 3 is 2.33 bits per heavy atom. The predicted octanol–water partition coefficient (Wildman–Crippen LogP) is 4.46. The third-order valence-corrected chi connectivity index (χ3v) is 17.6. The van der Waals surface area contributed by atoms with Crippen LogP contribution in [0.15, 0.2) is 35.4 Å². The van der Waals surface area contributed by atoms with Crippen molar-refractivity contribution in [2.24, 2.45) is 23.7 Å². The predicted molar refractivity (Wildman–Crippen MR) is 180 cm³/mol. The van der Waals surface area contributed by atoms with Crippen LogP contribution in [-0.2, 0) is 20.7 Å². The Bertz CT molecular complexity index is 1200. The number of nitrogens with zero attached hydrogens (tertiary/aromatic N) is 1. The van der Waals surface area contributed by atoms with E-state index in [0.29, 0.717) is 31.7 Å². The summed E-state index contributed by atoms with van der Waals surface area (Å²) >= 11 is -1.19. The molecule has 2 aliphatic rings. The summed E-state index contributed by atoms with van der Waals surface area (Å²) in [7, 11) is 0. The van der Waals surface area contributed by atoms with Crippen molar-refractivity contribution in [3.05, 3.63) is 41.0 Å². The minimum atomic E-state index is -1.19. The van der Waals surface area contributed by atoms with Gasteiger partial charge in [-0.3, -0.25) is 4.79 Å². The molecule has 3 N–H and O–H groups in total. The van der Waals surface area contributed by atoms with Crippen LogP contribution in [-0.4, -0.2) is 64.8 Å². The monoisotopic (exact) mass is 739 g/mol. The van der Waals surface area contributed by atoms with Gasteiger partial charge < -0.3 is 14.7 Å². The summed E-state index contributed by atoms with van der Waals surface area (Å²) < 4.78 is 10.2. The minimum absolute atomic E-state index is 0.0308. The third kappa shape index (κ3) is 12.6. The van der Waals surface area contributed by atoms with E-state index < -0.39 is 42.0 Å². The second-order valence-corrected chi connectivity index (χ2v) is 26.2. The Balaban J connectivity index is 1.78. The number of anilines is 1. The van der Waals surface area contributed by atoms with Gasteiger partial charge in [0.2, 0.25) is 0 Å². The molecule has 3 rings (SSSR count). The van der Waals surface area contributed by atoms with E-state index >= 15 is 0 Å². The fourth-order valence-electron chi connectivity index (χ4n) is 6.52. The van der Waals surface area contributed by atoms with Gasteiger partial charge in [-0.15, -0.1) is 0 Å². The molecule has 3 atom stereocenters. The van der Waals surface area contributed by atoms with Crippen LogP contribution in [0.5, 0.6) is 0 Å². The van der Waals surface area contributed by atoms with Crippen LogP contribution in [0, 0.1) is 23.7 Å². The number of carboxylic acids is 1. The summed E-state index contributed by atoms with van der Waals surface area (Å²) in [4.78, 5) is 43.4. The number of ether oxygens (including phenoxy) is 1. The first kappa shape index (κ1) is 37.4. The number of hydrogen-bond acceptors (Lipinski definition) is 5. The molecule has 45 heavy (non-hydrogen) atoms. The number of alkyl halides is 4. The molecule has 7 nitrogen and oxygen atoms in total. The van der Waals surface area contributed by atoms with Crippen molar-refractivity contribution in [3.63, 3.8) is 0 Å². The molecule has 2 heterocycles. The van der Waals surface area contributed by atoms with Gasteiger partial charge >= 0.3 is 182 Å². The standard InChI is InChI=1S/C37H60IN2O5/c1-26(2)20-30(31-22-32(35(42)43)25-40(24-31)36(44)45-37(4,5)6)23-34(41)27(3)28(21-29-15-11-12-16-33(29)39)14-10-8-9-13-17-38(7)18-19-38/h11-12,15-16,26,30-32H,8-10,13-14,17-25,39H2,1-7H3,(H,42,43)/q-1/b28-27-. The van der Waals surface area contributed by atoms with Crippen LogP contribution in [0.1, 0.15) is 98.5 Å². The van der Waals surface area contributed by atoms with Crippen LogP contribution in [0.2, 0.25) is 0 Å². The molecule has 3 unspecified atom stereocenters. The van der Waals surface area contributed by atoms with Crippen LogP contribution in [0.4, 0.5) is 10.5 Å². The summed E-state index contributed by atoms with van der Waals surface area (Å²) in [5.41, 5.74) is 9.45. The number of ketones is 1. The van der Waals surface area contributed by atoms with E-state index in [2.05, 4.69) is 24.8 Å². The number of benzene rings is 1. The van der Waals surface area contributed by atoms with Crippen molar-refractivity contribution in [2.75, 3.05) is 37.0 Å². The Hall–Kier alpha value is -2.10. The molecule has 1 aromatic rings. The van der Waals surface area contributed by atoms with E-state index in [1.54, 1.807) is 13.8 Å². The first-order valence-corrected chi connectivity index (χ1v) is 23.7. The Labute approximate surface area is 276 Å². The molecule has 1 amide bonds. The van der Waals surface area contributed by atoms with Gasteiger partial charge in [-0.25, -0.2) is 4.79 Å². The van der Waals surface area contributed by atoms with E-state index in [1.165, 1.54) is 23.7 Å². The molecule has 2 saturated heterocycles. The molecule has 0 radical (unpaired) electrons. The zero-order valence-electron chi connectivity index (χ0n) is 29.0. The van der Waals surface area contributed by atoms with E-state index in [4.69, 9.17) is 10.5 Å². The molecule has 2 aliphatic heterocycles. The number of piperidine rings is 1. The Morgan fingerprint density at radius 2 is 1.73 bits per heavy atom. The van der Waals surface area contributed by atoms with Gasteiger partial charge in [-0.1, -0.05) is 13.8 Å². The zero-order valence-corrected chi connectivity index (χ0v) is 31.2. The SMILES string of the molecule is C/C(C(=O)CC(CC(C)C)C1CC(C(=O)O)CN(C(=O)OC(C)(C)C)C1)=C(\CCCCCC[I-]1(C)CC1)Cc1ccccc1N. The zero-order chi connectivity index (χ0) is 33.4. The Kier molecular flexibility index (Phi) is 13.8. The summed E-state index contributed by atoms with van der Waals surface area (Å²) in [6.07, 6.45) is 7.54. The number of Topliss-reactive ketones (excluding diaryl/α,β-unsaturated/α-hetero) is 1. The summed E-state index contributed by atoms with van der Waals surface area (Å²) in [6.45, 7) is 12.2. The molecule has 0 aromatic heterocycles. The van der Waals surface area contributed by atoms with Crippen molar-refractivity contribution in [1.82, 2.24) is 4.90 Å². The topological polar surface area (TPSA) is 110 Å². The quantitative estimate of drug-likeness (QED) is 0.0853. The van der Waals surface area contributed by atoms with E-state index in [1.807, 2.05) is 45.9 Å².